The molecule has 0 radical (unpaired) electrons. The van der Waals surface area contributed by atoms with E-state index in [2.05, 4.69) is 33.0 Å². The number of hydrogen-bond acceptors (Lipinski definition) is 5. The van der Waals surface area contributed by atoms with Crippen LogP contribution < -0.4 is 10.6 Å². The maximum absolute atomic E-state index is 12.2. The van der Waals surface area contributed by atoms with Crippen LogP contribution in [-0.2, 0) is 17.8 Å². The molecule has 98 valence electrons. The van der Waals surface area contributed by atoms with Crippen molar-refractivity contribution in [3.05, 3.63) is 40.4 Å². The summed E-state index contributed by atoms with van der Waals surface area (Å²) in [6, 6.07) is 7.98. The van der Waals surface area contributed by atoms with E-state index in [-0.39, 0.29) is 11.9 Å². The molecule has 5 nitrogen and oxygen atoms in total. The fourth-order valence-electron chi connectivity index (χ4n) is 2.18. The third kappa shape index (κ3) is 2.64. The van der Waals surface area contributed by atoms with Gasteiger partial charge in [0.25, 0.3) is 0 Å². The molecule has 1 amide bonds. The summed E-state index contributed by atoms with van der Waals surface area (Å²) in [5.74, 6) is -0.0503. The Morgan fingerprint density at radius 1 is 1.37 bits per heavy atom. The molecule has 0 saturated heterocycles. The second kappa shape index (κ2) is 5.07. The lowest BCUT2D eigenvalue weighted by Crippen LogP contribution is -2.44. The standard InChI is InChI=1S/C13H14N4OS/c1-8-16-17-13(19-8)15-12(18)11-6-9-4-2-3-5-10(9)7-14-11/h2-5,11,14H,6-7H2,1H3,(H,15,17,18)/t11-/m0/s1. The van der Waals surface area contributed by atoms with E-state index in [1.807, 2.05) is 19.1 Å². The van der Waals surface area contributed by atoms with Crippen molar-refractivity contribution in [1.29, 1.82) is 0 Å². The van der Waals surface area contributed by atoms with Crippen LogP contribution in [0.15, 0.2) is 24.3 Å². The summed E-state index contributed by atoms with van der Waals surface area (Å²) < 4.78 is 0. The zero-order chi connectivity index (χ0) is 13.2. The summed E-state index contributed by atoms with van der Waals surface area (Å²) in [5, 5.41) is 15.2. The van der Waals surface area contributed by atoms with Gasteiger partial charge >= 0.3 is 0 Å². The van der Waals surface area contributed by atoms with Crippen molar-refractivity contribution in [2.45, 2.75) is 25.9 Å². The molecule has 0 aliphatic carbocycles. The highest BCUT2D eigenvalue weighted by molar-refractivity contribution is 7.15. The number of nitrogens with one attached hydrogen (secondary N) is 2. The highest BCUT2D eigenvalue weighted by Gasteiger charge is 2.24. The second-order valence-corrected chi connectivity index (χ2v) is 5.70. The average molecular weight is 274 g/mol. The molecule has 2 aromatic rings. The smallest absolute Gasteiger partial charge is 0.243 e. The summed E-state index contributed by atoms with van der Waals surface area (Å²) >= 11 is 1.38. The summed E-state index contributed by atoms with van der Waals surface area (Å²) in [6.07, 6.45) is 0.708. The Morgan fingerprint density at radius 2 is 2.16 bits per heavy atom. The zero-order valence-electron chi connectivity index (χ0n) is 10.5. The maximum Gasteiger partial charge on any atom is 0.243 e. The Balaban J connectivity index is 1.69. The zero-order valence-corrected chi connectivity index (χ0v) is 11.3. The van der Waals surface area contributed by atoms with Gasteiger partial charge in [-0.15, -0.1) is 10.2 Å². The van der Waals surface area contributed by atoms with Gasteiger partial charge in [0, 0.05) is 6.54 Å². The summed E-state index contributed by atoms with van der Waals surface area (Å²) in [6.45, 7) is 2.59. The predicted octanol–water partition coefficient (Wildman–Crippen LogP) is 1.50. The number of aryl methyl sites for hydroxylation is 1. The molecule has 1 aromatic heterocycles. The lowest BCUT2D eigenvalue weighted by molar-refractivity contribution is -0.118. The van der Waals surface area contributed by atoms with Crippen LogP contribution in [0.25, 0.3) is 0 Å². The molecule has 19 heavy (non-hydrogen) atoms. The number of anilines is 1. The van der Waals surface area contributed by atoms with Gasteiger partial charge in [-0.1, -0.05) is 35.6 Å². The van der Waals surface area contributed by atoms with Gasteiger partial charge in [-0.25, -0.2) is 0 Å². The van der Waals surface area contributed by atoms with Crippen LogP contribution in [0.3, 0.4) is 0 Å². The molecule has 1 aliphatic rings. The van der Waals surface area contributed by atoms with Gasteiger partial charge in [0.15, 0.2) is 0 Å². The number of amides is 1. The molecule has 0 spiro atoms. The van der Waals surface area contributed by atoms with Crippen molar-refractivity contribution in [2.75, 3.05) is 5.32 Å². The Morgan fingerprint density at radius 3 is 2.89 bits per heavy atom. The van der Waals surface area contributed by atoms with Crippen LogP contribution >= 0.6 is 11.3 Å². The van der Waals surface area contributed by atoms with E-state index >= 15 is 0 Å². The van der Waals surface area contributed by atoms with Crippen molar-refractivity contribution in [3.8, 4) is 0 Å². The fraction of sp³-hybridized carbons (Fsp3) is 0.308. The lowest BCUT2D eigenvalue weighted by atomic mass is 9.95. The van der Waals surface area contributed by atoms with E-state index in [1.54, 1.807) is 0 Å². The first-order valence-corrected chi connectivity index (χ1v) is 6.95. The van der Waals surface area contributed by atoms with E-state index in [0.717, 1.165) is 11.6 Å². The van der Waals surface area contributed by atoms with E-state index in [4.69, 9.17) is 0 Å². The molecule has 1 atom stereocenters. The van der Waals surface area contributed by atoms with E-state index in [0.29, 0.717) is 11.6 Å². The highest BCUT2D eigenvalue weighted by Crippen LogP contribution is 2.18. The molecule has 1 aromatic carbocycles. The number of benzene rings is 1. The van der Waals surface area contributed by atoms with Crippen molar-refractivity contribution in [3.63, 3.8) is 0 Å². The Bertz CT molecular complexity index is 610. The second-order valence-electron chi connectivity index (χ2n) is 4.52. The van der Waals surface area contributed by atoms with Gasteiger partial charge in [-0.3, -0.25) is 10.1 Å². The summed E-state index contributed by atoms with van der Waals surface area (Å²) in [7, 11) is 0. The summed E-state index contributed by atoms with van der Waals surface area (Å²) in [4.78, 5) is 12.2. The topological polar surface area (TPSA) is 66.9 Å². The predicted molar refractivity (Wildman–Crippen MR) is 74.0 cm³/mol. The molecule has 6 heteroatoms. The fourth-order valence-corrected chi connectivity index (χ4v) is 2.77. The number of aromatic nitrogens is 2. The molecule has 0 bridgehead atoms. The first-order valence-electron chi connectivity index (χ1n) is 6.13. The minimum Gasteiger partial charge on any atom is -0.301 e. The lowest BCUT2D eigenvalue weighted by Gasteiger charge is -2.24. The van der Waals surface area contributed by atoms with E-state index < -0.39 is 0 Å². The van der Waals surface area contributed by atoms with Gasteiger partial charge < -0.3 is 5.32 Å². The molecule has 2 heterocycles. The molecule has 0 unspecified atom stereocenters. The van der Waals surface area contributed by atoms with Gasteiger partial charge in [-0.05, 0) is 24.5 Å². The van der Waals surface area contributed by atoms with Crippen LogP contribution in [0.4, 0.5) is 5.13 Å². The monoisotopic (exact) mass is 274 g/mol. The number of fused-ring (bicyclic) bond motifs is 1. The van der Waals surface area contributed by atoms with Gasteiger partial charge in [0.05, 0.1) is 6.04 Å². The van der Waals surface area contributed by atoms with Crippen LogP contribution in [0, 0.1) is 6.92 Å². The van der Waals surface area contributed by atoms with Gasteiger partial charge in [0.2, 0.25) is 11.0 Å². The third-order valence-electron chi connectivity index (χ3n) is 3.15. The number of nitrogens with zero attached hydrogens (tertiary/aromatic N) is 2. The molecular formula is C13H14N4OS. The summed E-state index contributed by atoms with van der Waals surface area (Å²) in [5.41, 5.74) is 2.49. The SMILES string of the molecule is Cc1nnc(NC(=O)[C@@H]2Cc3ccccc3CN2)s1. The first kappa shape index (κ1) is 12.3. The number of carbonyl (C=O) groups is 1. The van der Waals surface area contributed by atoms with Crippen LogP contribution in [0.2, 0.25) is 0 Å². The maximum atomic E-state index is 12.2. The average Bonchev–Trinajstić information content (AvgIpc) is 2.83. The number of hydrogen-bond donors (Lipinski definition) is 2. The molecule has 0 saturated carbocycles. The van der Waals surface area contributed by atoms with Crippen LogP contribution in [0.1, 0.15) is 16.1 Å². The third-order valence-corrected chi connectivity index (χ3v) is 3.91. The molecular weight excluding hydrogens is 260 g/mol. The number of carbonyl (C=O) groups excluding carboxylic acids is 1. The van der Waals surface area contributed by atoms with Crippen molar-refractivity contribution < 1.29 is 4.79 Å². The molecule has 3 rings (SSSR count). The highest BCUT2D eigenvalue weighted by atomic mass is 32.1. The molecule has 0 fully saturated rings. The van der Waals surface area contributed by atoms with Gasteiger partial charge in [0.1, 0.15) is 5.01 Å². The van der Waals surface area contributed by atoms with Crippen LogP contribution in [0.5, 0.6) is 0 Å². The molecule has 1 aliphatic heterocycles. The van der Waals surface area contributed by atoms with Crippen molar-refractivity contribution >= 4 is 22.4 Å². The largest absolute Gasteiger partial charge is 0.301 e. The number of rotatable bonds is 2. The normalized spacial score (nSPS) is 17.8. The Hall–Kier alpha value is -1.79. The van der Waals surface area contributed by atoms with E-state index in [1.165, 1.54) is 22.5 Å². The van der Waals surface area contributed by atoms with Crippen molar-refractivity contribution in [2.24, 2.45) is 0 Å². The Labute approximate surface area is 115 Å². The Kier molecular flexibility index (Phi) is 3.27. The van der Waals surface area contributed by atoms with E-state index in [9.17, 15) is 4.79 Å². The van der Waals surface area contributed by atoms with Crippen LogP contribution in [-0.4, -0.2) is 22.1 Å². The van der Waals surface area contributed by atoms with Gasteiger partial charge in [-0.2, -0.15) is 0 Å². The van der Waals surface area contributed by atoms with Crippen molar-refractivity contribution in [1.82, 2.24) is 15.5 Å². The first-order chi connectivity index (χ1) is 9.22. The quantitative estimate of drug-likeness (QED) is 0.871. The minimum absolute atomic E-state index is 0.0503. The molecule has 2 N–H and O–H groups in total. The minimum atomic E-state index is -0.209.